The van der Waals surface area contributed by atoms with Crippen LogP contribution in [0.3, 0.4) is 0 Å². The van der Waals surface area contributed by atoms with Crippen molar-refractivity contribution >= 4 is 5.97 Å². The molecule has 0 aliphatic carbocycles. The minimum absolute atomic E-state index is 0.000920. The average Bonchev–Trinajstić information content (AvgIpc) is 2.79. The summed E-state index contributed by atoms with van der Waals surface area (Å²) in [5.41, 5.74) is 0.521. The summed E-state index contributed by atoms with van der Waals surface area (Å²) in [6.07, 6.45) is 0.455. The van der Waals surface area contributed by atoms with Gasteiger partial charge < -0.3 is 23.7 Å². The van der Waals surface area contributed by atoms with E-state index in [0.717, 1.165) is 0 Å². The van der Waals surface area contributed by atoms with E-state index in [2.05, 4.69) is 9.97 Å². The van der Waals surface area contributed by atoms with Crippen LogP contribution in [-0.2, 0) is 14.3 Å². The Morgan fingerprint density at radius 1 is 1.18 bits per heavy atom. The van der Waals surface area contributed by atoms with Gasteiger partial charge in [-0.05, 0) is 6.92 Å². The van der Waals surface area contributed by atoms with Crippen molar-refractivity contribution in [1.82, 2.24) is 9.97 Å². The van der Waals surface area contributed by atoms with E-state index < -0.39 is 11.8 Å². The predicted molar refractivity (Wildman–Crippen MR) is 74.6 cm³/mol. The van der Waals surface area contributed by atoms with Crippen molar-refractivity contribution in [2.45, 2.75) is 26.1 Å². The highest BCUT2D eigenvalue weighted by Gasteiger charge is 2.46. The maximum atomic E-state index is 12.0. The number of hydrogen-bond acceptors (Lipinski definition) is 8. The summed E-state index contributed by atoms with van der Waals surface area (Å²) in [5, 5.41) is 0. The molecule has 0 aromatic carbocycles. The van der Waals surface area contributed by atoms with Crippen molar-refractivity contribution < 1.29 is 28.5 Å². The van der Waals surface area contributed by atoms with Crippen LogP contribution in [0.5, 0.6) is 17.8 Å². The van der Waals surface area contributed by atoms with Crippen LogP contribution < -0.4 is 14.2 Å². The van der Waals surface area contributed by atoms with E-state index in [1.165, 1.54) is 27.4 Å². The van der Waals surface area contributed by atoms with Crippen LogP contribution in [-0.4, -0.2) is 43.1 Å². The van der Waals surface area contributed by atoms with Gasteiger partial charge in [-0.2, -0.15) is 9.97 Å². The molecule has 0 N–H and O–H groups in total. The highest BCUT2D eigenvalue weighted by atomic mass is 16.7. The number of cyclic esters (lactones) is 1. The number of ether oxygens (including phenoxy) is 5. The summed E-state index contributed by atoms with van der Waals surface area (Å²) in [4.78, 5) is 20.1. The van der Waals surface area contributed by atoms with Crippen molar-refractivity contribution in [3.8, 4) is 17.8 Å². The Bertz CT molecular complexity index is 587. The number of carbonyl (C=O) groups is 1. The Morgan fingerprint density at radius 3 is 2.18 bits per heavy atom. The van der Waals surface area contributed by atoms with Crippen molar-refractivity contribution in [3.63, 3.8) is 0 Å². The molecule has 0 saturated heterocycles. The molecule has 22 heavy (non-hydrogen) atoms. The Balaban J connectivity index is 2.37. The van der Waals surface area contributed by atoms with Gasteiger partial charge in [0, 0.05) is 19.1 Å². The molecule has 1 atom stereocenters. The van der Waals surface area contributed by atoms with E-state index in [1.807, 2.05) is 6.92 Å². The third kappa shape index (κ3) is 2.69. The van der Waals surface area contributed by atoms with E-state index in [9.17, 15) is 4.79 Å². The third-order valence-electron chi connectivity index (χ3n) is 3.42. The van der Waals surface area contributed by atoms with Crippen LogP contribution in [0.2, 0.25) is 0 Å². The second-order valence-electron chi connectivity index (χ2n) is 4.49. The summed E-state index contributed by atoms with van der Waals surface area (Å²) in [7, 11) is 4.37. The van der Waals surface area contributed by atoms with E-state index in [-0.39, 0.29) is 23.5 Å². The normalized spacial score (nSPS) is 20.9. The maximum absolute atomic E-state index is 12.0. The first kappa shape index (κ1) is 16.0. The first-order valence-electron chi connectivity index (χ1n) is 6.64. The fourth-order valence-electron chi connectivity index (χ4n) is 2.12. The van der Waals surface area contributed by atoms with Gasteiger partial charge in [0.15, 0.2) is 0 Å². The maximum Gasteiger partial charge on any atom is 0.377 e. The average molecular weight is 310 g/mol. The Hall–Kier alpha value is -2.35. The van der Waals surface area contributed by atoms with Gasteiger partial charge in [-0.25, -0.2) is 4.79 Å². The van der Waals surface area contributed by atoms with Gasteiger partial charge in [0.2, 0.25) is 23.3 Å². The Labute approximate surface area is 128 Å². The molecule has 8 heteroatoms. The molecule has 1 aromatic rings. The minimum Gasteiger partial charge on any atom is -0.481 e. The molecule has 0 spiro atoms. The zero-order chi connectivity index (χ0) is 16.3. The molecule has 0 bridgehead atoms. The number of rotatable bonds is 6. The molecule has 2 heterocycles. The smallest absolute Gasteiger partial charge is 0.377 e. The van der Waals surface area contributed by atoms with E-state index in [1.54, 1.807) is 6.92 Å². The van der Waals surface area contributed by atoms with E-state index >= 15 is 0 Å². The second kappa shape index (κ2) is 6.18. The first-order chi connectivity index (χ1) is 10.5. The molecule has 0 amide bonds. The molecule has 0 radical (unpaired) electrons. The third-order valence-corrected chi connectivity index (χ3v) is 3.42. The van der Waals surface area contributed by atoms with Gasteiger partial charge in [0.1, 0.15) is 0 Å². The topological polar surface area (TPSA) is 89.0 Å². The number of nitrogens with zero attached hydrogens (tertiary/aromatic N) is 2. The largest absolute Gasteiger partial charge is 0.481 e. The lowest BCUT2D eigenvalue weighted by Crippen LogP contribution is -2.32. The van der Waals surface area contributed by atoms with Crippen molar-refractivity contribution in [1.29, 1.82) is 0 Å². The quantitative estimate of drug-likeness (QED) is 0.730. The summed E-state index contributed by atoms with van der Waals surface area (Å²) < 4.78 is 26.1. The molecule has 8 nitrogen and oxygen atoms in total. The fraction of sp³-hybridized carbons (Fsp3) is 0.500. The van der Waals surface area contributed by atoms with Crippen LogP contribution in [0, 0.1) is 0 Å². The molecule has 120 valence electrons. The van der Waals surface area contributed by atoms with Crippen LogP contribution in [0.25, 0.3) is 0 Å². The predicted octanol–water partition coefficient (Wildman–Crippen LogP) is 1.46. The summed E-state index contributed by atoms with van der Waals surface area (Å²) in [6.45, 7) is 3.54. The lowest BCUT2D eigenvalue weighted by atomic mass is 10.1. The number of carbonyl (C=O) groups excluding carboxylic acids is 1. The van der Waals surface area contributed by atoms with Crippen LogP contribution in [0.15, 0.2) is 17.4 Å². The van der Waals surface area contributed by atoms with Crippen LogP contribution >= 0.6 is 0 Å². The van der Waals surface area contributed by atoms with Gasteiger partial charge in [-0.3, -0.25) is 0 Å². The van der Waals surface area contributed by atoms with Gasteiger partial charge in [-0.1, -0.05) is 6.92 Å². The van der Waals surface area contributed by atoms with Gasteiger partial charge in [-0.15, -0.1) is 0 Å². The minimum atomic E-state index is -1.12. The van der Waals surface area contributed by atoms with Crippen LogP contribution in [0.4, 0.5) is 0 Å². The molecule has 1 aliphatic heterocycles. The van der Waals surface area contributed by atoms with E-state index in [4.69, 9.17) is 23.7 Å². The van der Waals surface area contributed by atoms with Gasteiger partial charge in [0.25, 0.3) is 0 Å². The summed E-state index contributed by atoms with van der Waals surface area (Å²) >= 11 is 0. The highest BCUT2D eigenvalue weighted by Crippen LogP contribution is 2.36. The summed E-state index contributed by atoms with van der Waals surface area (Å²) in [6, 6.07) is 1.41. The molecule has 1 aliphatic rings. The fourth-order valence-corrected chi connectivity index (χ4v) is 2.12. The van der Waals surface area contributed by atoms with Gasteiger partial charge >= 0.3 is 12.0 Å². The number of aromatic nitrogens is 2. The molecular formula is C14H18N2O6. The van der Waals surface area contributed by atoms with Crippen molar-refractivity contribution in [3.05, 3.63) is 17.4 Å². The molecule has 0 saturated carbocycles. The molecule has 1 unspecified atom stereocenters. The van der Waals surface area contributed by atoms with Crippen LogP contribution in [0.1, 0.15) is 20.3 Å². The Kier molecular flexibility index (Phi) is 4.51. The molecular weight excluding hydrogens is 292 g/mol. The second-order valence-corrected chi connectivity index (χ2v) is 4.49. The zero-order valence-electron chi connectivity index (χ0n) is 13.1. The SMILES string of the molecule is CCC1(OC)OC(=O)C(Oc2nc(OC)cc(OC)n2)=C1C. The Morgan fingerprint density at radius 2 is 1.77 bits per heavy atom. The number of methoxy groups -OCH3 is 3. The zero-order valence-corrected chi connectivity index (χ0v) is 13.1. The standard InChI is InChI=1S/C14H18N2O6/c1-6-14(20-5)8(2)11(12(17)22-14)21-13-15-9(18-3)7-10(16-13)19-4/h7H,6H2,1-5H3. The number of esters is 1. The molecule has 0 fully saturated rings. The van der Waals surface area contributed by atoms with Gasteiger partial charge in [0.05, 0.1) is 20.3 Å². The van der Waals surface area contributed by atoms with Crippen molar-refractivity contribution in [2.24, 2.45) is 0 Å². The number of hydrogen-bond donors (Lipinski definition) is 0. The molecule has 1 aromatic heterocycles. The molecule has 2 rings (SSSR count). The summed E-state index contributed by atoms with van der Waals surface area (Å²) in [5.74, 6) is -1.25. The van der Waals surface area contributed by atoms with E-state index in [0.29, 0.717) is 12.0 Å². The van der Waals surface area contributed by atoms with Crippen molar-refractivity contribution in [2.75, 3.05) is 21.3 Å². The lowest BCUT2D eigenvalue weighted by Gasteiger charge is -2.25. The lowest BCUT2D eigenvalue weighted by molar-refractivity contribution is -0.193. The highest BCUT2D eigenvalue weighted by molar-refractivity contribution is 5.91. The monoisotopic (exact) mass is 310 g/mol. The first-order valence-corrected chi connectivity index (χ1v) is 6.64.